The molecule has 76 valence electrons. The summed E-state index contributed by atoms with van der Waals surface area (Å²) in [6, 6.07) is 0.222. The molecular weight excluding hydrogens is 180 g/mol. The first-order valence-electron chi connectivity index (χ1n) is 4.92. The van der Waals surface area contributed by atoms with Crippen LogP contribution in [-0.2, 0) is 0 Å². The Morgan fingerprint density at radius 1 is 1.79 bits per heavy atom. The second-order valence-electron chi connectivity index (χ2n) is 3.89. The predicted octanol–water partition coefficient (Wildman–Crippen LogP) is 0.723. The van der Waals surface area contributed by atoms with Gasteiger partial charge in [0.1, 0.15) is 6.33 Å². The third kappa shape index (κ3) is 2.31. The molecule has 0 aliphatic heterocycles. The number of aromatic amines is 1. The van der Waals surface area contributed by atoms with Crippen molar-refractivity contribution in [2.24, 2.45) is 5.92 Å². The third-order valence-corrected chi connectivity index (χ3v) is 2.39. The van der Waals surface area contributed by atoms with Crippen LogP contribution < -0.4 is 5.32 Å². The molecule has 0 spiro atoms. The highest BCUT2D eigenvalue weighted by molar-refractivity contribution is 5.90. The van der Waals surface area contributed by atoms with Crippen LogP contribution in [0.4, 0.5) is 0 Å². The fourth-order valence-corrected chi connectivity index (χ4v) is 1.52. The SMILES string of the molecule is CC(CC1CC1)NC(=O)c1ncn[nH]1. The van der Waals surface area contributed by atoms with Crippen molar-refractivity contribution in [3.8, 4) is 0 Å². The quantitative estimate of drug-likeness (QED) is 0.742. The first-order valence-corrected chi connectivity index (χ1v) is 4.92. The van der Waals surface area contributed by atoms with Crippen LogP contribution in [0.1, 0.15) is 36.8 Å². The van der Waals surface area contributed by atoms with Gasteiger partial charge in [-0.1, -0.05) is 12.8 Å². The molecule has 2 rings (SSSR count). The molecule has 1 unspecified atom stereocenters. The van der Waals surface area contributed by atoms with Crippen molar-refractivity contribution in [2.45, 2.75) is 32.2 Å². The number of carbonyl (C=O) groups is 1. The summed E-state index contributed by atoms with van der Waals surface area (Å²) in [6.45, 7) is 2.02. The van der Waals surface area contributed by atoms with Gasteiger partial charge in [-0.25, -0.2) is 4.98 Å². The van der Waals surface area contributed by atoms with E-state index < -0.39 is 0 Å². The zero-order chi connectivity index (χ0) is 9.97. The molecule has 1 fully saturated rings. The lowest BCUT2D eigenvalue weighted by molar-refractivity contribution is 0.0927. The van der Waals surface area contributed by atoms with Crippen molar-refractivity contribution in [3.05, 3.63) is 12.2 Å². The molecule has 1 aromatic rings. The van der Waals surface area contributed by atoms with Crippen molar-refractivity contribution in [1.82, 2.24) is 20.5 Å². The number of hydrogen-bond donors (Lipinski definition) is 2. The molecule has 0 bridgehead atoms. The average molecular weight is 194 g/mol. The normalized spacial score (nSPS) is 17.8. The molecular formula is C9H14N4O. The Morgan fingerprint density at radius 3 is 3.14 bits per heavy atom. The minimum Gasteiger partial charge on any atom is -0.347 e. The number of nitrogens with zero attached hydrogens (tertiary/aromatic N) is 2. The lowest BCUT2D eigenvalue weighted by Gasteiger charge is -2.11. The molecule has 14 heavy (non-hydrogen) atoms. The Kier molecular flexibility index (Phi) is 2.47. The van der Waals surface area contributed by atoms with Crippen LogP contribution >= 0.6 is 0 Å². The smallest absolute Gasteiger partial charge is 0.288 e. The maximum absolute atomic E-state index is 11.5. The van der Waals surface area contributed by atoms with Gasteiger partial charge in [-0.3, -0.25) is 9.89 Å². The first kappa shape index (κ1) is 9.18. The molecule has 5 nitrogen and oxygen atoms in total. The fourth-order valence-electron chi connectivity index (χ4n) is 1.52. The van der Waals surface area contributed by atoms with Crippen molar-refractivity contribution >= 4 is 5.91 Å². The summed E-state index contributed by atoms with van der Waals surface area (Å²) in [6.07, 6.45) is 5.02. The summed E-state index contributed by atoms with van der Waals surface area (Å²) in [5.74, 6) is 0.934. The van der Waals surface area contributed by atoms with E-state index in [1.54, 1.807) is 0 Å². The molecule has 1 aromatic heterocycles. The summed E-state index contributed by atoms with van der Waals surface area (Å²) in [4.78, 5) is 15.3. The molecule has 0 radical (unpaired) electrons. The minimum absolute atomic E-state index is 0.171. The van der Waals surface area contributed by atoms with Gasteiger partial charge in [0.25, 0.3) is 5.91 Å². The molecule has 5 heteroatoms. The second kappa shape index (κ2) is 3.77. The van der Waals surface area contributed by atoms with Crippen LogP contribution in [0.25, 0.3) is 0 Å². The monoisotopic (exact) mass is 194 g/mol. The Labute approximate surface area is 82.3 Å². The molecule has 1 aliphatic rings. The number of H-pyrrole nitrogens is 1. The molecule has 0 aromatic carbocycles. The topological polar surface area (TPSA) is 70.7 Å². The Morgan fingerprint density at radius 2 is 2.57 bits per heavy atom. The molecule has 1 heterocycles. The lowest BCUT2D eigenvalue weighted by Crippen LogP contribution is -2.33. The van der Waals surface area contributed by atoms with E-state index in [9.17, 15) is 4.79 Å². The highest BCUT2D eigenvalue weighted by atomic mass is 16.2. The highest BCUT2D eigenvalue weighted by Gasteiger charge is 2.24. The van der Waals surface area contributed by atoms with E-state index in [0.29, 0.717) is 0 Å². The van der Waals surface area contributed by atoms with E-state index in [1.165, 1.54) is 19.2 Å². The van der Waals surface area contributed by atoms with Gasteiger partial charge in [0, 0.05) is 6.04 Å². The summed E-state index contributed by atoms with van der Waals surface area (Å²) in [5.41, 5.74) is 0. The van der Waals surface area contributed by atoms with Crippen molar-refractivity contribution in [2.75, 3.05) is 0 Å². The maximum Gasteiger partial charge on any atom is 0.288 e. The summed E-state index contributed by atoms with van der Waals surface area (Å²) in [7, 11) is 0. The number of nitrogens with one attached hydrogen (secondary N) is 2. The van der Waals surface area contributed by atoms with Gasteiger partial charge in [0.2, 0.25) is 5.82 Å². The maximum atomic E-state index is 11.5. The van der Waals surface area contributed by atoms with Gasteiger partial charge < -0.3 is 5.32 Å². The van der Waals surface area contributed by atoms with E-state index >= 15 is 0 Å². The largest absolute Gasteiger partial charge is 0.347 e. The van der Waals surface area contributed by atoms with Gasteiger partial charge in [0.15, 0.2) is 0 Å². The Hall–Kier alpha value is -1.39. The Balaban J connectivity index is 1.81. The van der Waals surface area contributed by atoms with Gasteiger partial charge in [-0.15, -0.1) is 0 Å². The third-order valence-electron chi connectivity index (χ3n) is 2.39. The average Bonchev–Trinajstić information content (AvgIpc) is 2.80. The number of amides is 1. The highest BCUT2D eigenvalue weighted by Crippen LogP contribution is 2.33. The molecule has 0 saturated heterocycles. The number of rotatable bonds is 4. The van der Waals surface area contributed by atoms with Gasteiger partial charge >= 0.3 is 0 Å². The van der Waals surface area contributed by atoms with Crippen LogP contribution in [-0.4, -0.2) is 27.1 Å². The lowest BCUT2D eigenvalue weighted by atomic mass is 10.1. The predicted molar refractivity (Wildman–Crippen MR) is 50.7 cm³/mol. The van der Waals surface area contributed by atoms with Crippen LogP contribution in [0.5, 0.6) is 0 Å². The van der Waals surface area contributed by atoms with E-state index in [2.05, 4.69) is 20.5 Å². The fraction of sp³-hybridized carbons (Fsp3) is 0.667. The zero-order valence-corrected chi connectivity index (χ0v) is 8.16. The molecule has 1 amide bonds. The standard InChI is InChI=1S/C9H14N4O/c1-6(4-7-2-3-7)12-9(14)8-10-5-11-13-8/h5-7H,2-4H2,1H3,(H,12,14)(H,10,11,13). The molecule has 1 saturated carbocycles. The first-order chi connectivity index (χ1) is 6.75. The van der Waals surface area contributed by atoms with E-state index in [1.807, 2.05) is 6.92 Å². The molecule has 2 N–H and O–H groups in total. The van der Waals surface area contributed by atoms with Crippen LogP contribution in [0.15, 0.2) is 6.33 Å². The number of aromatic nitrogens is 3. The van der Waals surface area contributed by atoms with Gasteiger partial charge in [0.05, 0.1) is 0 Å². The van der Waals surface area contributed by atoms with E-state index in [4.69, 9.17) is 0 Å². The summed E-state index contributed by atoms with van der Waals surface area (Å²) >= 11 is 0. The summed E-state index contributed by atoms with van der Waals surface area (Å²) in [5, 5.41) is 9.05. The minimum atomic E-state index is -0.171. The summed E-state index contributed by atoms with van der Waals surface area (Å²) < 4.78 is 0. The van der Waals surface area contributed by atoms with Crippen molar-refractivity contribution in [1.29, 1.82) is 0 Å². The van der Waals surface area contributed by atoms with E-state index in [-0.39, 0.29) is 17.8 Å². The zero-order valence-electron chi connectivity index (χ0n) is 8.16. The molecule has 1 atom stereocenters. The van der Waals surface area contributed by atoms with Crippen LogP contribution in [0, 0.1) is 5.92 Å². The van der Waals surface area contributed by atoms with Gasteiger partial charge in [-0.05, 0) is 19.3 Å². The second-order valence-corrected chi connectivity index (χ2v) is 3.89. The number of hydrogen-bond acceptors (Lipinski definition) is 3. The Bertz CT molecular complexity index is 305. The van der Waals surface area contributed by atoms with Crippen LogP contribution in [0.3, 0.4) is 0 Å². The van der Waals surface area contributed by atoms with E-state index in [0.717, 1.165) is 12.3 Å². The van der Waals surface area contributed by atoms with Crippen molar-refractivity contribution in [3.63, 3.8) is 0 Å². The molecule has 1 aliphatic carbocycles. The van der Waals surface area contributed by atoms with Crippen LogP contribution in [0.2, 0.25) is 0 Å². The van der Waals surface area contributed by atoms with Crippen molar-refractivity contribution < 1.29 is 4.79 Å². The van der Waals surface area contributed by atoms with Gasteiger partial charge in [-0.2, -0.15) is 5.10 Å². The number of carbonyl (C=O) groups excluding carboxylic acids is 1.